The van der Waals surface area contributed by atoms with Gasteiger partial charge in [-0.3, -0.25) is 23.8 Å². The van der Waals surface area contributed by atoms with Gasteiger partial charge in [0, 0.05) is 45.5 Å². The average Bonchev–Trinajstić information content (AvgIpc) is 3.51. The molecule has 0 radical (unpaired) electrons. The van der Waals surface area contributed by atoms with E-state index < -0.39 is 0 Å². The van der Waals surface area contributed by atoms with Crippen molar-refractivity contribution in [1.82, 2.24) is 19.2 Å². The Balaban J connectivity index is 1.30. The van der Waals surface area contributed by atoms with Crippen LogP contribution in [0.2, 0.25) is 0 Å². The highest BCUT2D eigenvalue weighted by Crippen LogP contribution is 2.34. The lowest BCUT2D eigenvalue weighted by Gasteiger charge is -2.36. The molecule has 1 amide bonds. The third-order valence-electron chi connectivity index (χ3n) is 7.04. The molecule has 2 saturated heterocycles. The number of carbonyl (C=O) groups is 1. The Hall–Kier alpha value is -3.67. The molecule has 3 aromatic rings. The van der Waals surface area contributed by atoms with Crippen LogP contribution in [0.1, 0.15) is 16.7 Å². The molecular formula is C28H27N5O4S2. The first-order valence-electron chi connectivity index (χ1n) is 12.7. The summed E-state index contributed by atoms with van der Waals surface area (Å²) in [5.41, 5.74) is 2.85. The summed E-state index contributed by atoms with van der Waals surface area (Å²) in [5, 5.41) is 0. The van der Waals surface area contributed by atoms with E-state index in [2.05, 4.69) is 22.4 Å². The van der Waals surface area contributed by atoms with E-state index in [1.165, 1.54) is 16.7 Å². The third kappa shape index (κ3) is 4.81. The lowest BCUT2D eigenvalue weighted by molar-refractivity contribution is -0.121. The third-order valence-corrected chi connectivity index (χ3v) is 8.42. The van der Waals surface area contributed by atoms with Crippen LogP contribution in [0.4, 0.5) is 5.82 Å². The predicted octanol–water partition coefficient (Wildman–Crippen LogP) is 3.44. The van der Waals surface area contributed by atoms with Crippen molar-refractivity contribution >= 4 is 51.7 Å². The molecule has 2 fully saturated rings. The fraction of sp³-hybridized carbons (Fsp3) is 0.286. The molecule has 39 heavy (non-hydrogen) atoms. The van der Waals surface area contributed by atoms with Crippen molar-refractivity contribution in [3.8, 4) is 11.5 Å². The van der Waals surface area contributed by atoms with E-state index in [0.29, 0.717) is 45.9 Å². The number of ether oxygens (including phenoxy) is 2. The zero-order valence-electron chi connectivity index (χ0n) is 21.5. The molecule has 5 heterocycles. The van der Waals surface area contributed by atoms with Gasteiger partial charge in [0.2, 0.25) is 6.79 Å². The molecule has 11 heteroatoms. The van der Waals surface area contributed by atoms with Gasteiger partial charge in [0.05, 0.1) is 10.5 Å². The van der Waals surface area contributed by atoms with E-state index in [0.717, 1.165) is 42.3 Å². The van der Waals surface area contributed by atoms with Gasteiger partial charge in [-0.15, -0.1) is 6.58 Å². The number of anilines is 1. The number of amides is 1. The topological polar surface area (TPSA) is 79.6 Å². The first kappa shape index (κ1) is 25.6. The lowest BCUT2D eigenvalue weighted by atomic mass is 10.1. The Morgan fingerprint density at radius 3 is 2.72 bits per heavy atom. The maximum absolute atomic E-state index is 13.8. The fourth-order valence-corrected chi connectivity index (χ4v) is 6.26. The van der Waals surface area contributed by atoms with E-state index in [-0.39, 0.29) is 18.3 Å². The Kier molecular flexibility index (Phi) is 6.88. The van der Waals surface area contributed by atoms with Gasteiger partial charge in [-0.25, -0.2) is 4.98 Å². The van der Waals surface area contributed by atoms with Gasteiger partial charge in [0.15, 0.2) is 11.5 Å². The molecule has 3 aliphatic rings. The SMILES string of the molecule is C=CCN1C(=O)/C(=C/c2c(N3CCN(Cc4ccc5c(c4)OCO5)CC3)nc3c(C)cccn3c2=O)SC1=S. The summed E-state index contributed by atoms with van der Waals surface area (Å²) in [5.74, 6) is 1.93. The van der Waals surface area contributed by atoms with E-state index in [4.69, 9.17) is 26.7 Å². The maximum atomic E-state index is 13.8. The zero-order chi connectivity index (χ0) is 27.1. The molecule has 3 aliphatic heterocycles. The first-order chi connectivity index (χ1) is 18.9. The highest BCUT2D eigenvalue weighted by molar-refractivity contribution is 8.26. The number of aromatic nitrogens is 2. The van der Waals surface area contributed by atoms with E-state index >= 15 is 0 Å². The standard InChI is InChI=1S/C28H27N5O4S2/c1-3-8-33-27(35)23(39-28(33)38)15-20-25(29-24-18(2)5-4-9-32(24)26(20)34)31-12-10-30(11-13-31)16-19-6-7-21-22(14-19)37-17-36-21/h3-7,9,14-15H,1,8,10-13,16-17H2,2H3/b23-15-. The number of rotatable bonds is 6. The quantitative estimate of drug-likeness (QED) is 0.256. The molecule has 0 spiro atoms. The van der Waals surface area contributed by atoms with Crippen LogP contribution in [-0.4, -0.2) is 68.9 Å². The van der Waals surface area contributed by atoms with Gasteiger partial charge in [0.1, 0.15) is 15.8 Å². The summed E-state index contributed by atoms with van der Waals surface area (Å²) in [7, 11) is 0. The molecule has 200 valence electrons. The Labute approximate surface area is 235 Å². The van der Waals surface area contributed by atoms with Gasteiger partial charge in [-0.05, 0) is 42.3 Å². The summed E-state index contributed by atoms with van der Waals surface area (Å²) in [6, 6.07) is 9.81. The van der Waals surface area contributed by atoms with E-state index in [9.17, 15) is 9.59 Å². The summed E-state index contributed by atoms with van der Waals surface area (Å²) in [4.78, 5) is 38.2. The predicted molar refractivity (Wildman–Crippen MR) is 156 cm³/mol. The highest BCUT2D eigenvalue weighted by Gasteiger charge is 2.32. The Morgan fingerprint density at radius 2 is 1.92 bits per heavy atom. The minimum atomic E-state index is -0.224. The molecule has 0 bridgehead atoms. The van der Waals surface area contributed by atoms with Crippen LogP contribution in [0.15, 0.2) is 58.9 Å². The summed E-state index contributed by atoms with van der Waals surface area (Å²) in [6.45, 7) is 10.0. The van der Waals surface area contributed by atoms with E-state index in [1.54, 1.807) is 22.7 Å². The van der Waals surface area contributed by atoms with Crippen molar-refractivity contribution in [2.45, 2.75) is 13.5 Å². The molecule has 0 aliphatic carbocycles. The number of aryl methyl sites for hydroxylation is 1. The van der Waals surface area contributed by atoms with Crippen LogP contribution < -0.4 is 19.9 Å². The number of benzene rings is 1. The minimum absolute atomic E-state index is 0.213. The molecule has 0 N–H and O–H groups in total. The molecular weight excluding hydrogens is 534 g/mol. The van der Waals surface area contributed by atoms with E-state index in [1.807, 2.05) is 31.2 Å². The minimum Gasteiger partial charge on any atom is -0.454 e. The largest absolute Gasteiger partial charge is 0.454 e. The van der Waals surface area contributed by atoms with Gasteiger partial charge in [-0.1, -0.05) is 42.2 Å². The van der Waals surface area contributed by atoms with Crippen LogP contribution in [0.5, 0.6) is 11.5 Å². The summed E-state index contributed by atoms with van der Waals surface area (Å²) >= 11 is 6.60. The second-order valence-electron chi connectivity index (χ2n) is 9.57. The number of pyridine rings is 1. The molecule has 1 aromatic carbocycles. The number of piperazine rings is 1. The van der Waals surface area contributed by atoms with Crippen LogP contribution >= 0.6 is 24.0 Å². The first-order valence-corrected chi connectivity index (χ1v) is 13.9. The second kappa shape index (κ2) is 10.5. The van der Waals surface area contributed by atoms with Crippen molar-refractivity contribution in [2.24, 2.45) is 0 Å². The number of fused-ring (bicyclic) bond motifs is 2. The maximum Gasteiger partial charge on any atom is 0.267 e. The van der Waals surface area contributed by atoms with Crippen molar-refractivity contribution < 1.29 is 14.3 Å². The van der Waals surface area contributed by atoms with Gasteiger partial charge < -0.3 is 14.4 Å². The van der Waals surface area contributed by atoms with Crippen LogP contribution in [0.3, 0.4) is 0 Å². The van der Waals surface area contributed by atoms with Gasteiger partial charge in [0.25, 0.3) is 11.5 Å². The van der Waals surface area contributed by atoms with Crippen molar-refractivity contribution in [1.29, 1.82) is 0 Å². The Morgan fingerprint density at radius 1 is 1.13 bits per heavy atom. The number of thiocarbonyl (C=S) groups is 1. The molecule has 0 unspecified atom stereocenters. The number of hydrogen-bond acceptors (Lipinski definition) is 9. The van der Waals surface area contributed by atoms with Crippen LogP contribution in [0.25, 0.3) is 11.7 Å². The van der Waals surface area contributed by atoms with Crippen molar-refractivity contribution in [2.75, 3.05) is 44.4 Å². The lowest BCUT2D eigenvalue weighted by Crippen LogP contribution is -2.47. The smallest absolute Gasteiger partial charge is 0.267 e. The fourth-order valence-electron chi connectivity index (χ4n) is 5.00. The van der Waals surface area contributed by atoms with Crippen LogP contribution in [-0.2, 0) is 11.3 Å². The number of nitrogens with zero attached hydrogens (tertiary/aromatic N) is 5. The monoisotopic (exact) mass is 561 g/mol. The van der Waals surface area contributed by atoms with Gasteiger partial charge >= 0.3 is 0 Å². The number of hydrogen-bond donors (Lipinski definition) is 0. The molecule has 0 atom stereocenters. The highest BCUT2D eigenvalue weighted by atomic mass is 32.2. The second-order valence-corrected chi connectivity index (χ2v) is 11.2. The van der Waals surface area contributed by atoms with Crippen molar-refractivity contribution in [3.63, 3.8) is 0 Å². The number of carbonyl (C=O) groups excluding carboxylic acids is 1. The Bertz CT molecular complexity index is 1590. The molecule has 6 rings (SSSR count). The van der Waals surface area contributed by atoms with Gasteiger partial charge in [-0.2, -0.15) is 0 Å². The average molecular weight is 562 g/mol. The van der Waals surface area contributed by atoms with Crippen molar-refractivity contribution in [3.05, 3.63) is 81.1 Å². The molecule has 2 aromatic heterocycles. The summed E-state index contributed by atoms with van der Waals surface area (Å²) < 4.78 is 13.0. The molecule has 0 saturated carbocycles. The van der Waals surface area contributed by atoms with Crippen LogP contribution in [0, 0.1) is 6.92 Å². The summed E-state index contributed by atoms with van der Waals surface area (Å²) in [6.07, 6.45) is 5.00. The normalized spacial score (nSPS) is 18.5. The molecule has 9 nitrogen and oxygen atoms in total. The zero-order valence-corrected chi connectivity index (χ0v) is 23.1. The number of thioether (sulfide) groups is 1.